The fraction of sp³-hybridized carbons (Fsp3) is 0.615. The molecule has 2 heterocycles. The van der Waals surface area contributed by atoms with Crippen LogP contribution in [0.25, 0.3) is 0 Å². The number of amides is 1. The molecule has 1 aliphatic heterocycles. The van der Waals surface area contributed by atoms with Gasteiger partial charge >= 0.3 is 10.8 Å². The van der Waals surface area contributed by atoms with Crippen LogP contribution < -0.4 is 4.87 Å². The van der Waals surface area contributed by atoms with Crippen molar-refractivity contribution in [1.82, 2.24) is 9.47 Å². The highest BCUT2D eigenvalue weighted by Gasteiger charge is 2.33. The van der Waals surface area contributed by atoms with Gasteiger partial charge in [-0.2, -0.15) is 0 Å². The Hall–Kier alpha value is -1.63. The minimum Gasteiger partial charge on any atom is -0.480 e. The molecule has 0 unspecified atom stereocenters. The van der Waals surface area contributed by atoms with Crippen LogP contribution in [0.15, 0.2) is 4.79 Å². The lowest BCUT2D eigenvalue weighted by Gasteiger charge is -2.21. The number of carboxylic acid groups (broad SMARTS) is 1. The summed E-state index contributed by atoms with van der Waals surface area (Å²) in [6.07, 6.45) is 1.40. The number of hydrogen-bond donors (Lipinski definition) is 1. The third-order valence-electron chi connectivity index (χ3n) is 3.78. The number of carbonyl (C=O) groups is 2. The Morgan fingerprint density at radius 2 is 2.10 bits per heavy atom. The van der Waals surface area contributed by atoms with E-state index < -0.39 is 12.0 Å². The normalized spacial score (nSPS) is 18.5. The fourth-order valence-corrected chi connectivity index (χ4v) is 3.38. The minimum atomic E-state index is -0.949. The van der Waals surface area contributed by atoms with Crippen molar-refractivity contribution in [3.8, 4) is 0 Å². The highest BCUT2D eigenvalue weighted by molar-refractivity contribution is 7.09. The molecule has 0 spiro atoms. The summed E-state index contributed by atoms with van der Waals surface area (Å²) < 4.78 is 1.59. The van der Waals surface area contributed by atoms with Gasteiger partial charge < -0.3 is 14.6 Å². The molecule has 1 saturated heterocycles. The number of likely N-dealkylation sites (tertiary alicyclic amines) is 1. The molecular weight excluding hydrogens is 280 g/mol. The first-order valence-corrected chi connectivity index (χ1v) is 7.42. The lowest BCUT2D eigenvalue weighted by molar-refractivity contribution is -0.148. The van der Waals surface area contributed by atoms with E-state index in [1.165, 1.54) is 16.2 Å². The second-order valence-corrected chi connectivity index (χ2v) is 6.16. The molecule has 1 aliphatic rings. The molecule has 2 rings (SSSR count). The first kappa shape index (κ1) is 14.8. The van der Waals surface area contributed by atoms with Crippen LogP contribution in [0.3, 0.4) is 0 Å². The van der Waals surface area contributed by atoms with Crippen molar-refractivity contribution in [3.63, 3.8) is 0 Å². The Labute approximate surface area is 120 Å². The summed E-state index contributed by atoms with van der Waals surface area (Å²) in [5.41, 5.74) is 0.879. The minimum absolute atomic E-state index is 0.0657. The van der Waals surface area contributed by atoms with Crippen LogP contribution in [0.1, 0.15) is 29.8 Å². The smallest absolute Gasteiger partial charge is 0.326 e. The number of carbonyl (C=O) groups excluding carboxylic acids is 1. The molecule has 20 heavy (non-hydrogen) atoms. The number of nitrogens with zero attached hydrogens (tertiary/aromatic N) is 2. The lowest BCUT2D eigenvalue weighted by atomic mass is 10.2. The van der Waals surface area contributed by atoms with Crippen LogP contribution in [0.4, 0.5) is 0 Å². The SMILES string of the molecule is Cc1sc(=O)n(CCC(=O)N2CCC[C@H]2C(=O)O)c1C. The molecular formula is C13H18N2O4S. The number of aliphatic carboxylic acids is 1. The quantitative estimate of drug-likeness (QED) is 0.899. The number of carboxylic acids is 1. The largest absolute Gasteiger partial charge is 0.480 e. The molecule has 1 aromatic rings. The molecule has 1 fully saturated rings. The van der Waals surface area contributed by atoms with Gasteiger partial charge in [0.2, 0.25) is 5.91 Å². The summed E-state index contributed by atoms with van der Waals surface area (Å²) in [6, 6.07) is -0.704. The highest BCUT2D eigenvalue weighted by Crippen LogP contribution is 2.19. The second-order valence-electron chi connectivity index (χ2n) is 4.99. The summed E-state index contributed by atoms with van der Waals surface area (Å²) >= 11 is 1.17. The van der Waals surface area contributed by atoms with Gasteiger partial charge in [0, 0.05) is 30.1 Å². The number of aromatic nitrogens is 1. The number of rotatable bonds is 4. The van der Waals surface area contributed by atoms with Gasteiger partial charge in [0.25, 0.3) is 0 Å². The van der Waals surface area contributed by atoms with Crippen molar-refractivity contribution in [3.05, 3.63) is 20.2 Å². The molecule has 7 heteroatoms. The van der Waals surface area contributed by atoms with E-state index in [-0.39, 0.29) is 17.2 Å². The Morgan fingerprint density at radius 3 is 2.65 bits per heavy atom. The van der Waals surface area contributed by atoms with Crippen molar-refractivity contribution in [2.24, 2.45) is 0 Å². The van der Waals surface area contributed by atoms with Crippen molar-refractivity contribution >= 4 is 23.2 Å². The van der Waals surface area contributed by atoms with Crippen LogP contribution >= 0.6 is 11.3 Å². The van der Waals surface area contributed by atoms with Crippen molar-refractivity contribution < 1.29 is 14.7 Å². The molecule has 110 valence electrons. The third kappa shape index (κ3) is 2.77. The summed E-state index contributed by atoms with van der Waals surface area (Å²) in [4.78, 5) is 37.2. The van der Waals surface area contributed by atoms with Crippen LogP contribution in [-0.2, 0) is 16.1 Å². The first-order valence-electron chi connectivity index (χ1n) is 6.61. The molecule has 0 aromatic carbocycles. The standard InChI is InChI=1S/C13H18N2O4S/c1-8-9(2)20-13(19)14(8)7-5-11(16)15-6-3-4-10(15)12(17)18/h10H,3-7H2,1-2H3,(H,17,18)/t10-/m0/s1. The van der Waals surface area contributed by atoms with Gasteiger partial charge in [0.05, 0.1) is 0 Å². The van der Waals surface area contributed by atoms with E-state index in [0.29, 0.717) is 19.5 Å². The Morgan fingerprint density at radius 1 is 1.40 bits per heavy atom. The van der Waals surface area contributed by atoms with Gasteiger partial charge in [-0.05, 0) is 26.7 Å². The zero-order chi connectivity index (χ0) is 14.9. The predicted octanol–water partition coefficient (Wildman–Crippen LogP) is 0.992. The fourth-order valence-electron chi connectivity index (χ4n) is 2.52. The highest BCUT2D eigenvalue weighted by atomic mass is 32.1. The lowest BCUT2D eigenvalue weighted by Crippen LogP contribution is -2.40. The molecule has 0 saturated carbocycles. The Bertz CT molecular complexity index is 590. The van der Waals surface area contributed by atoms with Crippen LogP contribution in [0.5, 0.6) is 0 Å². The van der Waals surface area contributed by atoms with Crippen molar-refractivity contribution in [2.45, 2.75) is 45.7 Å². The molecule has 0 bridgehead atoms. The summed E-state index contributed by atoms with van der Waals surface area (Å²) in [7, 11) is 0. The number of hydrogen-bond acceptors (Lipinski definition) is 4. The van der Waals surface area contributed by atoms with Gasteiger partial charge in [0.1, 0.15) is 6.04 Å². The van der Waals surface area contributed by atoms with E-state index in [2.05, 4.69) is 0 Å². The Balaban J connectivity index is 2.02. The third-order valence-corrected chi connectivity index (χ3v) is 4.78. The maximum Gasteiger partial charge on any atom is 0.326 e. The van der Waals surface area contributed by atoms with E-state index in [4.69, 9.17) is 5.11 Å². The maximum absolute atomic E-state index is 12.1. The van der Waals surface area contributed by atoms with Crippen molar-refractivity contribution in [2.75, 3.05) is 6.54 Å². The average Bonchev–Trinajstić information content (AvgIpc) is 2.95. The number of aryl methyl sites for hydroxylation is 1. The van der Waals surface area contributed by atoms with E-state index in [1.54, 1.807) is 4.57 Å². The number of thiazole rings is 1. The summed E-state index contributed by atoms with van der Waals surface area (Å²) in [5, 5.41) is 9.06. The maximum atomic E-state index is 12.1. The van der Waals surface area contributed by atoms with E-state index in [0.717, 1.165) is 17.0 Å². The van der Waals surface area contributed by atoms with E-state index in [1.807, 2.05) is 13.8 Å². The van der Waals surface area contributed by atoms with Gasteiger partial charge in [-0.25, -0.2) is 4.79 Å². The monoisotopic (exact) mass is 298 g/mol. The van der Waals surface area contributed by atoms with Gasteiger partial charge in [-0.1, -0.05) is 11.3 Å². The zero-order valence-electron chi connectivity index (χ0n) is 11.6. The Kier molecular flexibility index (Phi) is 4.27. The zero-order valence-corrected chi connectivity index (χ0v) is 12.4. The summed E-state index contributed by atoms with van der Waals surface area (Å²) in [6.45, 7) is 4.54. The predicted molar refractivity (Wildman–Crippen MR) is 75.0 cm³/mol. The molecule has 0 aliphatic carbocycles. The topological polar surface area (TPSA) is 79.6 Å². The van der Waals surface area contributed by atoms with E-state index in [9.17, 15) is 14.4 Å². The molecule has 1 N–H and O–H groups in total. The summed E-state index contributed by atoms with van der Waals surface area (Å²) in [5.74, 6) is -1.14. The molecule has 1 atom stereocenters. The van der Waals surface area contributed by atoms with Gasteiger partial charge in [-0.3, -0.25) is 9.59 Å². The second kappa shape index (κ2) is 5.78. The first-order chi connectivity index (χ1) is 9.41. The van der Waals surface area contributed by atoms with Gasteiger partial charge in [-0.15, -0.1) is 0 Å². The van der Waals surface area contributed by atoms with Crippen LogP contribution in [-0.4, -0.2) is 39.0 Å². The molecule has 1 amide bonds. The van der Waals surface area contributed by atoms with Crippen LogP contribution in [0.2, 0.25) is 0 Å². The van der Waals surface area contributed by atoms with E-state index >= 15 is 0 Å². The molecule has 6 nitrogen and oxygen atoms in total. The molecule has 0 radical (unpaired) electrons. The average molecular weight is 298 g/mol. The van der Waals surface area contributed by atoms with Gasteiger partial charge in [0.15, 0.2) is 0 Å². The van der Waals surface area contributed by atoms with Crippen molar-refractivity contribution in [1.29, 1.82) is 0 Å². The molecule has 1 aromatic heterocycles. The van der Waals surface area contributed by atoms with Crippen LogP contribution in [0, 0.1) is 13.8 Å².